The molecule has 3 aromatic rings. The Hall–Kier alpha value is -3.47. The van der Waals surface area contributed by atoms with Gasteiger partial charge in [-0.1, -0.05) is 5.21 Å². The Morgan fingerprint density at radius 2 is 1.90 bits per heavy atom. The number of nitrogens with one attached hydrogen (secondary N) is 2. The van der Waals surface area contributed by atoms with Crippen molar-refractivity contribution < 1.29 is 22.3 Å². The van der Waals surface area contributed by atoms with E-state index in [0.29, 0.717) is 17.1 Å². The van der Waals surface area contributed by atoms with Gasteiger partial charge in [0.2, 0.25) is 10.0 Å². The fraction of sp³-hybridized carbons (Fsp3) is 0.211. The van der Waals surface area contributed by atoms with E-state index in [2.05, 4.69) is 20.4 Å². The fourth-order valence-corrected chi connectivity index (χ4v) is 3.30. The summed E-state index contributed by atoms with van der Waals surface area (Å²) >= 11 is 0. The number of carbonyl (C=O) groups is 1. The topological polar surface area (TPSA) is 115 Å². The molecule has 11 heteroatoms. The van der Waals surface area contributed by atoms with E-state index in [1.54, 1.807) is 6.92 Å². The van der Waals surface area contributed by atoms with Crippen LogP contribution in [-0.4, -0.2) is 42.2 Å². The summed E-state index contributed by atoms with van der Waals surface area (Å²) in [6.45, 7) is 3.19. The number of halogens is 1. The highest BCUT2D eigenvalue weighted by Crippen LogP contribution is 2.29. The smallest absolute Gasteiger partial charge is 0.278 e. The third-order valence-corrected chi connectivity index (χ3v) is 5.58. The third-order valence-electron chi connectivity index (χ3n) is 4.29. The predicted molar refractivity (Wildman–Crippen MR) is 110 cm³/mol. The van der Waals surface area contributed by atoms with Gasteiger partial charge in [0.15, 0.2) is 5.69 Å². The number of ether oxygens (including phenoxy) is 1. The van der Waals surface area contributed by atoms with Gasteiger partial charge in [0.25, 0.3) is 5.91 Å². The van der Waals surface area contributed by atoms with Gasteiger partial charge in [0.05, 0.1) is 29.9 Å². The van der Waals surface area contributed by atoms with Crippen LogP contribution >= 0.6 is 0 Å². The number of sulfonamides is 1. The number of carbonyl (C=O) groups excluding carboxylic acids is 1. The molecule has 0 spiro atoms. The Morgan fingerprint density at radius 1 is 1.20 bits per heavy atom. The first kappa shape index (κ1) is 21.2. The number of benzene rings is 2. The molecule has 0 radical (unpaired) electrons. The van der Waals surface area contributed by atoms with Crippen LogP contribution in [0.5, 0.6) is 5.75 Å². The van der Waals surface area contributed by atoms with Crippen molar-refractivity contribution >= 4 is 27.3 Å². The summed E-state index contributed by atoms with van der Waals surface area (Å²) in [5.41, 5.74) is 1.77. The molecule has 0 aliphatic heterocycles. The molecule has 1 heterocycles. The van der Waals surface area contributed by atoms with E-state index >= 15 is 0 Å². The molecular weight excluding hydrogens is 413 g/mol. The summed E-state index contributed by atoms with van der Waals surface area (Å²) in [5, 5.41) is 10.6. The van der Waals surface area contributed by atoms with E-state index in [9.17, 15) is 17.6 Å². The molecule has 2 N–H and O–H groups in total. The summed E-state index contributed by atoms with van der Waals surface area (Å²) in [4.78, 5) is 12.7. The van der Waals surface area contributed by atoms with E-state index < -0.39 is 15.9 Å². The maximum Gasteiger partial charge on any atom is 0.278 e. The van der Waals surface area contributed by atoms with Crippen LogP contribution < -0.4 is 14.8 Å². The van der Waals surface area contributed by atoms with Crippen LogP contribution in [0.4, 0.5) is 15.8 Å². The largest absolute Gasteiger partial charge is 0.494 e. The van der Waals surface area contributed by atoms with Gasteiger partial charge in [-0.15, -0.1) is 5.10 Å². The van der Waals surface area contributed by atoms with Gasteiger partial charge in [0.1, 0.15) is 11.6 Å². The summed E-state index contributed by atoms with van der Waals surface area (Å²) in [6, 6.07) is 10.1. The zero-order chi connectivity index (χ0) is 21.9. The first-order valence-corrected chi connectivity index (χ1v) is 10.6. The van der Waals surface area contributed by atoms with Gasteiger partial charge in [-0.2, -0.15) is 0 Å². The van der Waals surface area contributed by atoms with Gasteiger partial charge in [-0.3, -0.25) is 9.52 Å². The second-order valence-electron chi connectivity index (χ2n) is 6.29. The van der Waals surface area contributed by atoms with Crippen LogP contribution in [0, 0.1) is 12.7 Å². The molecule has 3 rings (SSSR count). The molecule has 0 unspecified atom stereocenters. The number of amides is 1. The number of hydrogen-bond donors (Lipinski definition) is 2. The number of anilines is 2. The van der Waals surface area contributed by atoms with Crippen molar-refractivity contribution in [2.75, 3.05) is 22.9 Å². The van der Waals surface area contributed by atoms with Gasteiger partial charge in [-0.25, -0.2) is 17.5 Å². The van der Waals surface area contributed by atoms with E-state index in [4.69, 9.17) is 4.74 Å². The fourth-order valence-electron chi connectivity index (χ4n) is 2.65. The van der Waals surface area contributed by atoms with Crippen molar-refractivity contribution in [2.24, 2.45) is 0 Å². The third kappa shape index (κ3) is 4.57. The minimum Gasteiger partial charge on any atom is -0.494 e. The highest BCUT2D eigenvalue weighted by Gasteiger charge is 2.19. The minimum atomic E-state index is -3.48. The highest BCUT2D eigenvalue weighted by atomic mass is 32.2. The van der Waals surface area contributed by atoms with E-state index in [1.165, 1.54) is 61.2 Å². The zero-order valence-electron chi connectivity index (χ0n) is 16.5. The summed E-state index contributed by atoms with van der Waals surface area (Å²) in [7, 11) is -2.09. The Kier molecular flexibility index (Phi) is 6.01. The zero-order valence-corrected chi connectivity index (χ0v) is 17.3. The first-order chi connectivity index (χ1) is 14.2. The normalized spacial score (nSPS) is 11.2. The monoisotopic (exact) mass is 433 g/mol. The molecule has 0 fully saturated rings. The maximum absolute atomic E-state index is 13.1. The van der Waals surface area contributed by atoms with E-state index in [-0.39, 0.29) is 28.7 Å². The molecule has 0 aliphatic carbocycles. The SMILES string of the molecule is CCS(=O)(=O)Nc1ccc(NC(=O)c2nnn(-c3ccc(F)cc3)c2C)cc1OC. The van der Waals surface area contributed by atoms with Crippen LogP contribution in [0.15, 0.2) is 42.5 Å². The van der Waals surface area contributed by atoms with Crippen LogP contribution in [-0.2, 0) is 10.0 Å². The molecule has 1 aromatic heterocycles. The molecule has 0 atom stereocenters. The van der Waals surface area contributed by atoms with Crippen molar-refractivity contribution in [3.8, 4) is 11.4 Å². The van der Waals surface area contributed by atoms with Crippen molar-refractivity contribution in [3.63, 3.8) is 0 Å². The Morgan fingerprint density at radius 3 is 2.53 bits per heavy atom. The molecule has 2 aromatic carbocycles. The molecule has 0 saturated carbocycles. The van der Waals surface area contributed by atoms with E-state index in [0.717, 1.165) is 0 Å². The molecule has 1 amide bonds. The number of nitrogens with zero attached hydrogens (tertiary/aromatic N) is 3. The van der Waals surface area contributed by atoms with Crippen LogP contribution in [0.25, 0.3) is 5.69 Å². The first-order valence-electron chi connectivity index (χ1n) is 8.92. The Labute approximate surface area is 172 Å². The number of hydrogen-bond acceptors (Lipinski definition) is 6. The predicted octanol–water partition coefficient (Wildman–Crippen LogP) is 2.74. The average molecular weight is 433 g/mol. The van der Waals surface area contributed by atoms with Crippen molar-refractivity contribution in [2.45, 2.75) is 13.8 Å². The highest BCUT2D eigenvalue weighted by molar-refractivity contribution is 7.92. The van der Waals surface area contributed by atoms with Crippen LogP contribution in [0.3, 0.4) is 0 Å². The summed E-state index contributed by atoms with van der Waals surface area (Å²) in [6.07, 6.45) is 0. The molecule has 0 saturated heterocycles. The van der Waals surface area contributed by atoms with Crippen molar-refractivity contribution in [1.82, 2.24) is 15.0 Å². The minimum absolute atomic E-state index is 0.0857. The second-order valence-corrected chi connectivity index (χ2v) is 8.30. The number of aromatic nitrogens is 3. The molecule has 9 nitrogen and oxygen atoms in total. The second kappa shape index (κ2) is 8.49. The molecule has 0 aliphatic rings. The molecule has 30 heavy (non-hydrogen) atoms. The maximum atomic E-state index is 13.1. The molecule has 0 bridgehead atoms. The van der Waals surface area contributed by atoms with Crippen molar-refractivity contribution in [1.29, 1.82) is 0 Å². The Balaban J connectivity index is 1.82. The van der Waals surface area contributed by atoms with Gasteiger partial charge in [-0.05, 0) is 50.2 Å². The lowest BCUT2D eigenvalue weighted by atomic mass is 10.2. The summed E-state index contributed by atoms with van der Waals surface area (Å²) in [5.74, 6) is -0.730. The lowest BCUT2D eigenvalue weighted by Gasteiger charge is -2.13. The molecule has 158 valence electrons. The van der Waals surface area contributed by atoms with Gasteiger partial charge >= 0.3 is 0 Å². The van der Waals surface area contributed by atoms with Crippen LogP contribution in [0.2, 0.25) is 0 Å². The van der Waals surface area contributed by atoms with Crippen molar-refractivity contribution in [3.05, 3.63) is 59.7 Å². The average Bonchev–Trinajstić information content (AvgIpc) is 3.11. The van der Waals surface area contributed by atoms with Gasteiger partial charge < -0.3 is 10.1 Å². The van der Waals surface area contributed by atoms with Gasteiger partial charge in [0, 0.05) is 11.8 Å². The number of methoxy groups -OCH3 is 1. The number of rotatable bonds is 7. The standard InChI is InChI=1S/C19H20FN5O4S/c1-4-30(27,28)23-16-10-7-14(11-17(16)29-3)21-19(26)18-12(2)25(24-22-18)15-8-5-13(20)6-9-15/h5-11,23H,4H2,1-3H3,(H,21,26). The lowest BCUT2D eigenvalue weighted by molar-refractivity contribution is 0.102. The van der Waals surface area contributed by atoms with Crippen LogP contribution in [0.1, 0.15) is 23.1 Å². The quantitative estimate of drug-likeness (QED) is 0.592. The molecular formula is C19H20FN5O4S. The lowest BCUT2D eigenvalue weighted by Crippen LogP contribution is -2.16. The van der Waals surface area contributed by atoms with E-state index in [1.807, 2.05) is 0 Å². The summed E-state index contributed by atoms with van der Waals surface area (Å²) < 4.78 is 45.8. The Bertz CT molecular complexity index is 1180.